The van der Waals surface area contributed by atoms with Crippen LogP contribution in [0.5, 0.6) is 0 Å². The number of anilines is 6. The van der Waals surface area contributed by atoms with Gasteiger partial charge < -0.3 is 14.2 Å². The maximum Gasteiger partial charge on any atom is 0.257 e. The highest BCUT2D eigenvalue weighted by molar-refractivity contribution is 7.01. The number of hydrogen-bond donors (Lipinski definition) is 0. The molecule has 8 aromatic rings. The van der Waals surface area contributed by atoms with Crippen molar-refractivity contribution in [1.29, 1.82) is 0 Å². The molecule has 0 spiro atoms. The van der Waals surface area contributed by atoms with Crippen molar-refractivity contribution >= 4 is 79.2 Å². The molecule has 4 aliphatic rings. The van der Waals surface area contributed by atoms with Crippen LogP contribution in [0.25, 0.3) is 33.1 Å². The van der Waals surface area contributed by atoms with Crippen molar-refractivity contribution < 1.29 is 4.42 Å². The summed E-state index contributed by atoms with van der Waals surface area (Å²) in [5, 5.41) is 2.33. The van der Waals surface area contributed by atoms with Gasteiger partial charge in [0.2, 0.25) is 0 Å². The van der Waals surface area contributed by atoms with Crippen LogP contribution in [0.1, 0.15) is 140 Å². The molecule has 0 unspecified atom stereocenters. The third-order valence-electron chi connectivity index (χ3n) is 17.2. The van der Waals surface area contributed by atoms with E-state index in [2.05, 4.69) is 214 Å². The van der Waals surface area contributed by atoms with E-state index < -0.39 is 0 Å². The Bertz CT molecular complexity index is 3380. The molecule has 0 atom stereocenters. The highest BCUT2D eigenvalue weighted by Gasteiger charge is 2.48. The molecule has 7 aromatic carbocycles. The second-order valence-corrected chi connectivity index (χ2v) is 23.7. The topological polar surface area (TPSA) is 19.6 Å². The molecule has 2 aliphatic heterocycles. The Morgan fingerprint density at radius 2 is 0.985 bits per heavy atom. The number of rotatable bonds is 4. The van der Waals surface area contributed by atoms with Crippen LogP contribution >= 0.6 is 0 Å². The highest BCUT2D eigenvalue weighted by Crippen LogP contribution is 2.54. The summed E-state index contributed by atoms with van der Waals surface area (Å²) in [6.45, 7) is 28.9. The summed E-state index contributed by atoms with van der Waals surface area (Å²) in [5.41, 5.74) is 25.9. The van der Waals surface area contributed by atoms with Gasteiger partial charge in [-0.05, 0) is 182 Å². The van der Waals surface area contributed by atoms with Crippen molar-refractivity contribution in [3.63, 3.8) is 0 Å². The summed E-state index contributed by atoms with van der Waals surface area (Å²) in [6.07, 6.45) is 4.69. The van der Waals surface area contributed by atoms with Crippen LogP contribution in [-0.2, 0) is 21.7 Å². The molecule has 0 fully saturated rings. The maximum absolute atomic E-state index is 7.19. The number of fused-ring (bicyclic) bond motifs is 10. The van der Waals surface area contributed by atoms with Gasteiger partial charge in [0.1, 0.15) is 11.2 Å². The summed E-state index contributed by atoms with van der Waals surface area (Å²) in [6, 6.07) is 47.1. The van der Waals surface area contributed by atoms with Gasteiger partial charge in [-0.15, -0.1) is 0 Å². The lowest BCUT2D eigenvalue weighted by atomic mass is 9.33. The monoisotopic (exact) mass is 877 g/mol. The van der Waals surface area contributed by atoms with Crippen molar-refractivity contribution in [2.24, 2.45) is 0 Å². The minimum atomic E-state index is -0.0839. The molecule has 4 heteroatoms. The number of nitrogens with zero attached hydrogens (tertiary/aromatic N) is 2. The Hall–Kier alpha value is -6.00. The third kappa shape index (κ3) is 6.16. The fourth-order valence-electron chi connectivity index (χ4n) is 12.9. The quantitative estimate of drug-likeness (QED) is 0.164. The molecule has 0 bridgehead atoms. The van der Waals surface area contributed by atoms with E-state index >= 15 is 0 Å². The fourth-order valence-corrected chi connectivity index (χ4v) is 12.9. The van der Waals surface area contributed by atoms with Crippen LogP contribution in [0.2, 0.25) is 0 Å². The Morgan fingerprint density at radius 3 is 1.55 bits per heavy atom. The highest BCUT2D eigenvalue weighted by atomic mass is 16.3. The van der Waals surface area contributed by atoms with Crippen LogP contribution in [0.3, 0.4) is 0 Å². The zero-order chi connectivity index (χ0) is 46.7. The zero-order valence-electron chi connectivity index (χ0n) is 41.8. The summed E-state index contributed by atoms with van der Waals surface area (Å²) < 4.78 is 7.19. The molecule has 12 rings (SSSR count). The van der Waals surface area contributed by atoms with E-state index in [1.807, 2.05) is 0 Å². The van der Waals surface area contributed by atoms with Gasteiger partial charge in [-0.1, -0.05) is 142 Å². The molecule has 0 radical (unpaired) electrons. The van der Waals surface area contributed by atoms with E-state index in [0.29, 0.717) is 5.92 Å². The van der Waals surface area contributed by atoms with Crippen molar-refractivity contribution in [2.75, 3.05) is 9.80 Å². The van der Waals surface area contributed by atoms with Crippen molar-refractivity contribution in [1.82, 2.24) is 0 Å². The summed E-state index contributed by atoms with van der Waals surface area (Å²) >= 11 is 0. The molecular weight excluding hydrogens is 812 g/mol. The number of para-hydroxylation sites is 1. The summed E-state index contributed by atoms with van der Waals surface area (Å²) in [4.78, 5) is 5.33. The van der Waals surface area contributed by atoms with Gasteiger partial charge in [0.25, 0.3) is 6.71 Å². The van der Waals surface area contributed by atoms with E-state index in [-0.39, 0.29) is 28.4 Å². The van der Waals surface area contributed by atoms with Crippen LogP contribution in [0.4, 0.5) is 34.1 Å². The average molecular weight is 877 g/mol. The molecular formula is C63H65BN2O. The van der Waals surface area contributed by atoms with Gasteiger partial charge >= 0.3 is 0 Å². The summed E-state index contributed by atoms with van der Waals surface area (Å²) in [7, 11) is 0. The molecule has 2 aliphatic carbocycles. The maximum atomic E-state index is 7.19. The molecule has 0 saturated carbocycles. The second kappa shape index (κ2) is 14.3. The van der Waals surface area contributed by atoms with Gasteiger partial charge in [0.05, 0.1) is 0 Å². The second-order valence-electron chi connectivity index (χ2n) is 23.7. The SMILES string of the molecule is Cc1cc2c(cc1N1c3cc(C(C)C)ccc3B3c4c1cc(-c1ccccc1)cc4N(c1cc4c(cc1C)C(C)(C)CCC4(C)C)c1ccc4c(oc5ccccc54)c13)C(C)(C)CCC2(C)C. The first-order valence-corrected chi connectivity index (χ1v) is 25.1. The summed E-state index contributed by atoms with van der Waals surface area (Å²) in [5.74, 6) is 0.363. The van der Waals surface area contributed by atoms with Crippen LogP contribution in [-0.4, -0.2) is 6.71 Å². The molecule has 1 aromatic heterocycles. The average Bonchev–Trinajstić information content (AvgIpc) is 3.68. The lowest BCUT2D eigenvalue weighted by Gasteiger charge is -2.47. The largest absolute Gasteiger partial charge is 0.457 e. The van der Waals surface area contributed by atoms with Gasteiger partial charge in [-0.25, -0.2) is 0 Å². The van der Waals surface area contributed by atoms with Crippen LogP contribution in [0.15, 0.2) is 126 Å². The molecule has 0 amide bonds. The Kier molecular flexibility index (Phi) is 9.02. The first-order valence-electron chi connectivity index (χ1n) is 25.1. The van der Waals surface area contributed by atoms with E-state index in [9.17, 15) is 0 Å². The van der Waals surface area contributed by atoms with E-state index in [1.54, 1.807) is 0 Å². The standard InChI is InChI=1S/C63H65BN2O/c1-37(2)41-22-24-49-53(32-41)66(52-36-48-46(31-39(52)4)61(7,8)27-29-63(48,11)12)55-34-42(40-18-14-13-15-19-40)33-54-57(55)64(49)58-50(25-23-44-43-20-16-17-21-56(43)67-59(44)58)65(54)51-35-47-45(30-38(51)3)60(5,6)26-28-62(47,9)10/h13-25,30-37H,26-29H2,1-12H3. The van der Waals surface area contributed by atoms with E-state index in [4.69, 9.17) is 4.42 Å². The van der Waals surface area contributed by atoms with Gasteiger partial charge in [-0.2, -0.15) is 0 Å². The van der Waals surface area contributed by atoms with Crippen molar-refractivity contribution in [3.8, 4) is 11.1 Å². The van der Waals surface area contributed by atoms with Gasteiger partial charge in [0.15, 0.2) is 0 Å². The van der Waals surface area contributed by atoms with Crippen LogP contribution < -0.4 is 26.2 Å². The van der Waals surface area contributed by atoms with Crippen molar-refractivity contribution in [2.45, 2.75) is 136 Å². The normalized spacial score (nSPS) is 18.1. The first kappa shape index (κ1) is 42.4. The predicted octanol–water partition coefficient (Wildman–Crippen LogP) is 15.8. The fraction of sp³-hybridized carbons (Fsp3) is 0.333. The van der Waals surface area contributed by atoms with E-state index in [1.165, 1.54) is 119 Å². The molecule has 336 valence electrons. The van der Waals surface area contributed by atoms with Gasteiger partial charge in [-0.3, -0.25) is 0 Å². The first-order chi connectivity index (χ1) is 31.8. The minimum Gasteiger partial charge on any atom is -0.457 e. The molecule has 0 N–H and O–H groups in total. The Morgan fingerprint density at radius 1 is 0.463 bits per heavy atom. The molecule has 67 heavy (non-hydrogen) atoms. The lowest BCUT2D eigenvalue weighted by molar-refractivity contribution is 0.332. The zero-order valence-corrected chi connectivity index (χ0v) is 41.8. The lowest BCUT2D eigenvalue weighted by Crippen LogP contribution is -2.61. The Labute approximate surface area is 399 Å². The molecule has 0 saturated heterocycles. The Balaban J connectivity index is 1.25. The number of benzene rings is 7. The molecule has 3 heterocycles. The smallest absolute Gasteiger partial charge is 0.257 e. The number of aryl methyl sites for hydroxylation is 2. The van der Waals surface area contributed by atoms with Crippen molar-refractivity contribution in [3.05, 3.63) is 160 Å². The third-order valence-corrected chi connectivity index (χ3v) is 17.2. The van der Waals surface area contributed by atoms with Crippen LogP contribution in [0, 0.1) is 13.8 Å². The van der Waals surface area contributed by atoms with Gasteiger partial charge in [0, 0.05) is 44.9 Å². The predicted molar refractivity (Wildman–Crippen MR) is 287 cm³/mol. The number of hydrogen-bond acceptors (Lipinski definition) is 3. The van der Waals surface area contributed by atoms with E-state index in [0.717, 1.165) is 29.4 Å². The minimum absolute atomic E-state index is 0.0403. The number of furan rings is 1. The molecule has 3 nitrogen and oxygen atoms in total.